The van der Waals surface area contributed by atoms with Gasteiger partial charge in [0.2, 0.25) is 0 Å². The van der Waals surface area contributed by atoms with Crippen LogP contribution in [0.4, 0.5) is 4.39 Å². The third-order valence-corrected chi connectivity index (χ3v) is 3.92. The van der Waals surface area contributed by atoms with Crippen LogP contribution >= 0.6 is 0 Å². The minimum atomic E-state index is -0.471. The molecule has 3 aromatic rings. The van der Waals surface area contributed by atoms with Crippen LogP contribution in [-0.2, 0) is 4.74 Å². The maximum absolute atomic E-state index is 12.9. The lowest BCUT2D eigenvalue weighted by molar-refractivity contribution is 0.0378. The number of ketones is 1. The number of furan rings is 1. The third-order valence-electron chi connectivity index (χ3n) is 3.92. The fraction of sp³-hybridized carbons (Fsp3) is 0.238. The van der Waals surface area contributed by atoms with Crippen molar-refractivity contribution in [2.75, 3.05) is 6.61 Å². The number of carbonyl (C=O) groups is 2. The van der Waals surface area contributed by atoms with E-state index < -0.39 is 11.8 Å². The Morgan fingerprint density at radius 3 is 2.48 bits per heavy atom. The summed E-state index contributed by atoms with van der Waals surface area (Å²) in [7, 11) is 0. The first-order valence-electron chi connectivity index (χ1n) is 8.51. The number of esters is 1. The first kappa shape index (κ1) is 18.6. The van der Waals surface area contributed by atoms with Crippen LogP contribution in [0.15, 0.2) is 46.9 Å². The highest BCUT2D eigenvalue weighted by Crippen LogP contribution is 2.30. The van der Waals surface area contributed by atoms with Gasteiger partial charge in [-0.1, -0.05) is 0 Å². The maximum atomic E-state index is 12.9. The smallest absolute Gasteiger partial charge is 0.342 e. The minimum absolute atomic E-state index is 0.209. The Morgan fingerprint density at radius 1 is 1.11 bits per heavy atom. The van der Waals surface area contributed by atoms with Gasteiger partial charge in [-0.25, -0.2) is 9.18 Å². The van der Waals surface area contributed by atoms with Gasteiger partial charge in [0, 0.05) is 10.9 Å². The number of ether oxygens (including phenoxy) is 2. The summed E-state index contributed by atoms with van der Waals surface area (Å²) in [5.41, 5.74) is 1.23. The molecule has 0 saturated carbocycles. The lowest BCUT2D eigenvalue weighted by Crippen LogP contribution is -2.12. The lowest BCUT2D eigenvalue weighted by atomic mass is 10.1. The number of Topliss-reactive ketones (excluding diaryl/α,β-unsaturated/α-hetero) is 1. The van der Waals surface area contributed by atoms with E-state index >= 15 is 0 Å². The molecule has 0 fully saturated rings. The average Bonchev–Trinajstić information content (AvgIpc) is 2.94. The zero-order valence-electron chi connectivity index (χ0n) is 15.2. The molecule has 0 saturated heterocycles. The Labute approximate surface area is 155 Å². The highest BCUT2D eigenvalue weighted by atomic mass is 19.1. The maximum Gasteiger partial charge on any atom is 0.342 e. The van der Waals surface area contributed by atoms with E-state index in [0.717, 1.165) is 0 Å². The number of rotatable bonds is 6. The number of benzene rings is 2. The van der Waals surface area contributed by atoms with Crippen molar-refractivity contribution in [1.82, 2.24) is 0 Å². The number of hydrogen-bond acceptors (Lipinski definition) is 5. The summed E-state index contributed by atoms with van der Waals surface area (Å²) in [5, 5.41) is 0.560. The molecule has 0 atom stereocenters. The zero-order chi connectivity index (χ0) is 19.6. The Balaban J connectivity index is 1.80. The SMILES string of the molecule is Cc1oc2ccc(OCC(=O)c3ccc(F)cc3)cc2c1C(=O)OC(C)C. The van der Waals surface area contributed by atoms with Gasteiger partial charge in [-0.2, -0.15) is 0 Å². The van der Waals surface area contributed by atoms with Crippen molar-refractivity contribution in [3.05, 3.63) is 65.2 Å². The summed E-state index contributed by atoms with van der Waals surface area (Å²) in [5.74, 6) is -0.291. The van der Waals surface area contributed by atoms with Crippen molar-refractivity contribution in [3.8, 4) is 5.75 Å². The summed E-state index contributed by atoms with van der Waals surface area (Å²) in [6, 6.07) is 10.2. The Bertz CT molecular complexity index is 986. The molecule has 1 aromatic heterocycles. The number of carbonyl (C=O) groups excluding carboxylic acids is 2. The van der Waals surface area contributed by atoms with Gasteiger partial charge in [-0.15, -0.1) is 0 Å². The molecule has 0 unspecified atom stereocenters. The summed E-state index contributed by atoms with van der Waals surface area (Å²) in [4.78, 5) is 24.5. The van der Waals surface area contributed by atoms with Crippen LogP contribution in [-0.4, -0.2) is 24.5 Å². The van der Waals surface area contributed by atoms with Gasteiger partial charge in [0.05, 0.1) is 6.10 Å². The molecule has 0 aliphatic heterocycles. The molecule has 1 heterocycles. The fourth-order valence-electron chi connectivity index (χ4n) is 2.68. The van der Waals surface area contributed by atoms with Crippen LogP contribution in [0.2, 0.25) is 0 Å². The quantitative estimate of drug-likeness (QED) is 0.464. The molecule has 0 N–H and O–H groups in total. The standard InChI is InChI=1S/C21H19FO5/c1-12(2)26-21(24)20-13(3)27-19-9-8-16(10-17(19)20)25-11-18(23)14-4-6-15(22)7-5-14/h4-10,12H,11H2,1-3H3. The second-order valence-corrected chi connectivity index (χ2v) is 6.36. The normalized spacial score (nSPS) is 11.0. The second-order valence-electron chi connectivity index (χ2n) is 6.36. The molecule has 0 bridgehead atoms. The minimum Gasteiger partial charge on any atom is -0.485 e. The van der Waals surface area contributed by atoms with Gasteiger partial charge in [-0.05, 0) is 63.2 Å². The van der Waals surface area contributed by atoms with Crippen LogP contribution in [0.25, 0.3) is 11.0 Å². The molecule has 6 heteroatoms. The molecule has 2 aromatic carbocycles. The average molecular weight is 370 g/mol. The molecule has 0 amide bonds. The highest BCUT2D eigenvalue weighted by Gasteiger charge is 2.21. The van der Waals surface area contributed by atoms with E-state index in [-0.39, 0.29) is 18.5 Å². The Morgan fingerprint density at radius 2 is 1.81 bits per heavy atom. The van der Waals surface area contributed by atoms with E-state index in [0.29, 0.717) is 33.6 Å². The predicted octanol–water partition coefficient (Wildman–Crippen LogP) is 4.71. The highest BCUT2D eigenvalue weighted by molar-refractivity contribution is 6.05. The van der Waals surface area contributed by atoms with Crippen LogP contribution in [0.5, 0.6) is 5.75 Å². The van der Waals surface area contributed by atoms with Crippen molar-refractivity contribution < 1.29 is 27.9 Å². The van der Waals surface area contributed by atoms with Crippen LogP contribution < -0.4 is 4.74 Å². The van der Waals surface area contributed by atoms with Gasteiger partial charge in [-0.3, -0.25) is 4.79 Å². The molecule has 140 valence electrons. The number of hydrogen-bond donors (Lipinski definition) is 0. The Hall–Kier alpha value is -3.15. The number of halogens is 1. The van der Waals surface area contributed by atoms with Gasteiger partial charge >= 0.3 is 5.97 Å². The summed E-state index contributed by atoms with van der Waals surface area (Å²) in [6.45, 7) is 5.02. The molecule has 0 spiro atoms. The predicted molar refractivity (Wildman–Crippen MR) is 97.7 cm³/mol. The first-order chi connectivity index (χ1) is 12.8. The lowest BCUT2D eigenvalue weighted by Gasteiger charge is -2.08. The fourth-order valence-corrected chi connectivity index (χ4v) is 2.68. The molecule has 5 nitrogen and oxygen atoms in total. The van der Waals surface area contributed by atoms with E-state index in [2.05, 4.69) is 0 Å². The van der Waals surface area contributed by atoms with Gasteiger partial charge in [0.15, 0.2) is 12.4 Å². The number of fused-ring (bicyclic) bond motifs is 1. The summed E-state index contributed by atoms with van der Waals surface area (Å²) >= 11 is 0. The van der Waals surface area contributed by atoms with Gasteiger partial charge in [0.1, 0.15) is 28.5 Å². The molecule has 0 radical (unpaired) electrons. The van der Waals surface area contributed by atoms with Crippen molar-refractivity contribution in [2.24, 2.45) is 0 Å². The zero-order valence-corrected chi connectivity index (χ0v) is 15.2. The number of aryl methyl sites for hydroxylation is 1. The molecule has 0 aliphatic carbocycles. The first-order valence-corrected chi connectivity index (χ1v) is 8.51. The van der Waals surface area contributed by atoms with E-state index in [1.54, 1.807) is 39.0 Å². The summed E-state index contributed by atoms with van der Waals surface area (Å²) in [6.07, 6.45) is -0.255. The molecular formula is C21H19FO5. The van der Waals surface area contributed by atoms with Crippen molar-refractivity contribution >= 4 is 22.7 Å². The van der Waals surface area contributed by atoms with Crippen molar-refractivity contribution in [1.29, 1.82) is 0 Å². The van der Waals surface area contributed by atoms with Crippen molar-refractivity contribution in [2.45, 2.75) is 26.9 Å². The van der Waals surface area contributed by atoms with Crippen molar-refractivity contribution in [3.63, 3.8) is 0 Å². The topological polar surface area (TPSA) is 65.7 Å². The molecule has 27 heavy (non-hydrogen) atoms. The third kappa shape index (κ3) is 4.16. The second kappa shape index (κ2) is 7.61. The van der Waals surface area contributed by atoms with Crippen LogP contribution in [0, 0.1) is 12.7 Å². The molecule has 3 rings (SSSR count). The van der Waals surface area contributed by atoms with E-state index in [4.69, 9.17) is 13.9 Å². The monoisotopic (exact) mass is 370 g/mol. The van der Waals surface area contributed by atoms with Gasteiger partial charge in [0.25, 0.3) is 0 Å². The van der Waals surface area contributed by atoms with E-state index in [1.807, 2.05) is 0 Å². The van der Waals surface area contributed by atoms with Crippen LogP contribution in [0.1, 0.15) is 40.3 Å². The van der Waals surface area contributed by atoms with E-state index in [9.17, 15) is 14.0 Å². The van der Waals surface area contributed by atoms with Crippen LogP contribution in [0.3, 0.4) is 0 Å². The summed E-state index contributed by atoms with van der Waals surface area (Å²) < 4.78 is 29.4. The Kier molecular flexibility index (Phi) is 5.26. The van der Waals surface area contributed by atoms with Gasteiger partial charge < -0.3 is 13.9 Å². The largest absolute Gasteiger partial charge is 0.485 e. The molecular weight excluding hydrogens is 351 g/mol. The van der Waals surface area contributed by atoms with E-state index in [1.165, 1.54) is 24.3 Å². The molecule has 0 aliphatic rings.